The Hall–Kier alpha value is -3.39. The van der Waals surface area contributed by atoms with E-state index in [0.29, 0.717) is 29.9 Å². The number of carbonyl (C=O) groups excluding carboxylic acids is 3. The Morgan fingerprint density at radius 2 is 1.74 bits per heavy atom. The molecule has 1 amide bonds. The first-order chi connectivity index (χ1) is 16.2. The Morgan fingerprint density at radius 1 is 1.12 bits per heavy atom. The molecule has 0 unspecified atom stereocenters. The lowest BCUT2D eigenvalue weighted by molar-refractivity contribution is -0.140. The minimum Gasteiger partial charge on any atom is -0.507 e. The lowest BCUT2D eigenvalue weighted by atomic mass is 9.93. The summed E-state index contributed by atoms with van der Waals surface area (Å²) in [5, 5.41) is 11.4. The number of likely N-dealkylation sites (N-methyl/N-ethyl adjacent to an activating group) is 1. The van der Waals surface area contributed by atoms with Crippen molar-refractivity contribution >= 4 is 23.4 Å². The highest BCUT2D eigenvalue weighted by Crippen LogP contribution is 2.40. The number of likely N-dealkylation sites (tertiary alicyclic amines) is 1. The molecule has 8 heteroatoms. The largest absolute Gasteiger partial charge is 0.507 e. The van der Waals surface area contributed by atoms with E-state index in [1.165, 1.54) is 12.0 Å². The first-order valence-corrected chi connectivity index (χ1v) is 11.5. The number of hydrogen-bond acceptors (Lipinski definition) is 6. The molecule has 182 valence electrons. The molecule has 1 saturated heterocycles. The average Bonchev–Trinajstić information content (AvgIpc) is 3.26. The van der Waals surface area contributed by atoms with Gasteiger partial charge in [0.2, 0.25) is 0 Å². The van der Waals surface area contributed by atoms with Crippen molar-refractivity contribution in [2.75, 3.05) is 33.3 Å². The predicted octanol–water partition coefficient (Wildman–Crippen LogP) is 3.49. The number of methoxy groups -OCH3 is 1. The molecule has 34 heavy (non-hydrogen) atoms. The summed E-state index contributed by atoms with van der Waals surface area (Å²) in [6.45, 7) is 12.0. The van der Waals surface area contributed by atoms with Crippen LogP contribution in [-0.4, -0.2) is 70.8 Å². The zero-order chi connectivity index (χ0) is 25.2. The van der Waals surface area contributed by atoms with Gasteiger partial charge < -0.3 is 24.6 Å². The number of H-pyrrole nitrogens is 1. The lowest BCUT2D eigenvalue weighted by Gasteiger charge is -2.28. The van der Waals surface area contributed by atoms with E-state index in [-0.39, 0.29) is 17.0 Å². The minimum absolute atomic E-state index is 0.0232. The summed E-state index contributed by atoms with van der Waals surface area (Å²) in [5.74, 6) is -2.24. The Kier molecular flexibility index (Phi) is 7.61. The molecule has 1 aliphatic rings. The number of hydrogen-bond donors (Lipinski definition) is 2. The van der Waals surface area contributed by atoms with Gasteiger partial charge in [-0.15, -0.1) is 0 Å². The van der Waals surface area contributed by atoms with E-state index in [4.69, 9.17) is 4.74 Å². The molecule has 2 heterocycles. The highest BCUT2D eigenvalue weighted by molar-refractivity contribution is 6.46. The van der Waals surface area contributed by atoms with Gasteiger partial charge in [0.1, 0.15) is 11.5 Å². The summed E-state index contributed by atoms with van der Waals surface area (Å²) >= 11 is 0. The maximum absolute atomic E-state index is 13.3. The molecule has 1 atom stereocenters. The van der Waals surface area contributed by atoms with E-state index in [1.54, 1.807) is 13.8 Å². The van der Waals surface area contributed by atoms with E-state index in [1.807, 2.05) is 45.0 Å². The van der Waals surface area contributed by atoms with Crippen LogP contribution in [0.5, 0.6) is 0 Å². The third-order valence-corrected chi connectivity index (χ3v) is 6.55. The summed E-state index contributed by atoms with van der Waals surface area (Å²) in [4.78, 5) is 45.2. The van der Waals surface area contributed by atoms with Gasteiger partial charge in [0, 0.05) is 24.3 Å². The maximum Gasteiger partial charge on any atom is 0.354 e. The number of aromatic amines is 1. The van der Waals surface area contributed by atoms with Gasteiger partial charge in [0.05, 0.1) is 18.7 Å². The number of Topliss-reactive ketones (excluding diaryl/α,β-unsaturated/α-hetero) is 1. The molecule has 0 saturated carbocycles. The number of amides is 1. The fourth-order valence-corrected chi connectivity index (χ4v) is 4.54. The quantitative estimate of drug-likeness (QED) is 0.267. The molecular weight excluding hydrogens is 434 g/mol. The number of ether oxygens (including phenoxy) is 1. The van der Waals surface area contributed by atoms with E-state index in [9.17, 15) is 19.5 Å². The van der Waals surface area contributed by atoms with Crippen molar-refractivity contribution in [1.29, 1.82) is 0 Å². The Labute approximate surface area is 200 Å². The normalized spacial score (nSPS) is 17.6. The molecule has 3 rings (SSSR count). The van der Waals surface area contributed by atoms with Crippen LogP contribution in [0.2, 0.25) is 0 Å². The first kappa shape index (κ1) is 25.2. The fourth-order valence-electron chi connectivity index (χ4n) is 4.54. The van der Waals surface area contributed by atoms with Crippen molar-refractivity contribution < 1.29 is 24.2 Å². The summed E-state index contributed by atoms with van der Waals surface area (Å²) in [7, 11) is 1.27. The summed E-state index contributed by atoms with van der Waals surface area (Å²) < 4.78 is 4.82. The molecule has 0 aliphatic carbocycles. The zero-order valence-corrected chi connectivity index (χ0v) is 20.7. The first-order valence-electron chi connectivity index (χ1n) is 11.5. The van der Waals surface area contributed by atoms with Crippen molar-refractivity contribution in [2.45, 2.75) is 40.7 Å². The molecular formula is C26H33N3O5. The number of carbonyl (C=O) groups is 3. The number of aromatic nitrogens is 1. The highest BCUT2D eigenvalue weighted by Gasteiger charge is 2.46. The fraction of sp³-hybridized carbons (Fsp3) is 0.423. The number of esters is 1. The standard InChI is InChI=1S/C26H33N3O5/c1-7-28(8-2)13-14-29-22(18-11-9-15(3)10-12-18)20(24(31)25(29)32)23(30)19-16(4)21(26(33)34-6)27-17(19)5/h9-12,22,27,30H,7-8,13-14H2,1-6H3/t22-/m1/s1. The molecule has 1 aromatic carbocycles. The summed E-state index contributed by atoms with van der Waals surface area (Å²) in [6, 6.07) is 6.86. The van der Waals surface area contributed by atoms with Crippen molar-refractivity contribution in [1.82, 2.24) is 14.8 Å². The summed E-state index contributed by atoms with van der Waals surface area (Å²) in [5.41, 5.74) is 3.30. The van der Waals surface area contributed by atoms with Crippen molar-refractivity contribution in [3.05, 3.63) is 63.5 Å². The van der Waals surface area contributed by atoms with Gasteiger partial charge in [-0.1, -0.05) is 43.7 Å². The van der Waals surface area contributed by atoms with E-state index < -0.39 is 23.7 Å². The number of nitrogens with zero attached hydrogens (tertiary/aromatic N) is 2. The van der Waals surface area contributed by atoms with Gasteiger partial charge >= 0.3 is 5.97 Å². The van der Waals surface area contributed by atoms with Crippen LogP contribution >= 0.6 is 0 Å². The molecule has 1 aliphatic heterocycles. The number of rotatable bonds is 8. The SMILES string of the molecule is CCN(CC)CCN1C(=O)C(=O)C(=C(O)c2c(C)[nH]c(C(=O)OC)c2C)[C@H]1c1ccc(C)cc1. The van der Waals surface area contributed by atoms with E-state index >= 15 is 0 Å². The van der Waals surface area contributed by atoms with Gasteiger partial charge in [0.15, 0.2) is 0 Å². The zero-order valence-electron chi connectivity index (χ0n) is 20.7. The Balaban J connectivity index is 2.17. The van der Waals surface area contributed by atoms with Crippen molar-refractivity contribution in [2.24, 2.45) is 0 Å². The van der Waals surface area contributed by atoms with Crippen LogP contribution in [0.15, 0.2) is 29.8 Å². The molecule has 0 bridgehead atoms. The second-order valence-corrected chi connectivity index (χ2v) is 8.55. The molecule has 0 radical (unpaired) electrons. The van der Waals surface area contributed by atoms with E-state index in [0.717, 1.165) is 24.2 Å². The second kappa shape index (κ2) is 10.3. The van der Waals surface area contributed by atoms with E-state index in [2.05, 4.69) is 9.88 Å². The maximum atomic E-state index is 13.3. The Morgan fingerprint density at radius 3 is 2.29 bits per heavy atom. The second-order valence-electron chi connectivity index (χ2n) is 8.55. The van der Waals surface area contributed by atoms with Gasteiger partial charge in [0.25, 0.3) is 11.7 Å². The number of nitrogens with one attached hydrogen (secondary N) is 1. The molecule has 8 nitrogen and oxygen atoms in total. The third-order valence-electron chi connectivity index (χ3n) is 6.55. The van der Waals surface area contributed by atoms with Crippen LogP contribution < -0.4 is 0 Å². The number of aryl methyl sites for hydroxylation is 2. The number of aliphatic hydroxyl groups excluding tert-OH is 1. The minimum atomic E-state index is -0.734. The van der Waals surface area contributed by atoms with Crippen LogP contribution in [-0.2, 0) is 14.3 Å². The van der Waals surface area contributed by atoms with Crippen LogP contribution in [0.4, 0.5) is 0 Å². The van der Waals surface area contributed by atoms with Crippen LogP contribution in [0, 0.1) is 20.8 Å². The van der Waals surface area contributed by atoms with Crippen molar-refractivity contribution in [3.8, 4) is 0 Å². The average molecular weight is 468 g/mol. The molecule has 2 aromatic rings. The number of ketones is 1. The topological polar surface area (TPSA) is 103 Å². The lowest BCUT2D eigenvalue weighted by Crippen LogP contribution is -2.38. The molecule has 1 fully saturated rings. The number of benzene rings is 1. The predicted molar refractivity (Wildman–Crippen MR) is 130 cm³/mol. The third kappa shape index (κ3) is 4.50. The molecule has 1 aromatic heterocycles. The van der Waals surface area contributed by atoms with Gasteiger partial charge in [-0.3, -0.25) is 9.59 Å². The van der Waals surface area contributed by atoms with Gasteiger partial charge in [-0.25, -0.2) is 4.79 Å². The smallest absolute Gasteiger partial charge is 0.354 e. The molecule has 0 spiro atoms. The number of aliphatic hydroxyl groups is 1. The van der Waals surface area contributed by atoms with Crippen LogP contribution in [0.25, 0.3) is 5.76 Å². The van der Waals surface area contributed by atoms with Gasteiger partial charge in [-0.05, 0) is 45.0 Å². The molecule has 2 N–H and O–H groups in total. The van der Waals surface area contributed by atoms with Crippen LogP contribution in [0.1, 0.15) is 58.3 Å². The van der Waals surface area contributed by atoms with Crippen LogP contribution in [0.3, 0.4) is 0 Å². The Bertz CT molecular complexity index is 1130. The summed E-state index contributed by atoms with van der Waals surface area (Å²) in [6.07, 6.45) is 0. The monoisotopic (exact) mass is 467 g/mol. The van der Waals surface area contributed by atoms with Crippen molar-refractivity contribution in [3.63, 3.8) is 0 Å². The van der Waals surface area contributed by atoms with Gasteiger partial charge in [-0.2, -0.15) is 0 Å². The highest BCUT2D eigenvalue weighted by atomic mass is 16.5.